The van der Waals surface area contributed by atoms with Gasteiger partial charge in [0.15, 0.2) is 5.82 Å². The van der Waals surface area contributed by atoms with E-state index in [9.17, 15) is 9.50 Å². The molecule has 2 rings (SSSR count). The molecule has 1 heterocycles. The number of halogens is 1. The molecule has 0 aliphatic carbocycles. The van der Waals surface area contributed by atoms with Crippen molar-refractivity contribution in [2.45, 2.75) is 19.9 Å². The van der Waals surface area contributed by atoms with Crippen molar-refractivity contribution in [1.82, 2.24) is 15.0 Å². The predicted molar refractivity (Wildman–Crippen MR) is 70.1 cm³/mol. The summed E-state index contributed by atoms with van der Waals surface area (Å²) in [7, 11) is 0. The summed E-state index contributed by atoms with van der Waals surface area (Å²) in [5, 5.41) is 12.4. The van der Waals surface area contributed by atoms with Crippen LogP contribution in [0.3, 0.4) is 0 Å². The van der Waals surface area contributed by atoms with Crippen molar-refractivity contribution in [2.24, 2.45) is 0 Å². The van der Waals surface area contributed by atoms with Crippen molar-refractivity contribution in [2.75, 3.05) is 11.1 Å². The first-order valence-electron chi connectivity index (χ1n) is 5.72. The molecule has 0 spiro atoms. The fourth-order valence-corrected chi connectivity index (χ4v) is 1.52. The number of hydrogen-bond acceptors (Lipinski definition) is 6. The summed E-state index contributed by atoms with van der Waals surface area (Å²) in [4.78, 5) is 11.9. The SMILES string of the molecule is CC(C)Nc1nc(N)nc(-c2cc(O)ccc2F)n1. The van der Waals surface area contributed by atoms with E-state index < -0.39 is 5.82 Å². The van der Waals surface area contributed by atoms with Gasteiger partial charge in [0.1, 0.15) is 11.6 Å². The minimum Gasteiger partial charge on any atom is -0.508 e. The summed E-state index contributed by atoms with van der Waals surface area (Å²) in [6.07, 6.45) is 0. The zero-order chi connectivity index (χ0) is 14.0. The largest absolute Gasteiger partial charge is 0.508 e. The number of nitrogens with two attached hydrogens (primary N) is 1. The quantitative estimate of drug-likeness (QED) is 0.781. The van der Waals surface area contributed by atoms with Gasteiger partial charge in [-0.05, 0) is 32.0 Å². The van der Waals surface area contributed by atoms with Crippen LogP contribution in [-0.2, 0) is 0 Å². The smallest absolute Gasteiger partial charge is 0.228 e. The van der Waals surface area contributed by atoms with Crippen LogP contribution in [0.5, 0.6) is 5.75 Å². The standard InChI is InChI=1S/C12H14FN5O/c1-6(2)15-12-17-10(16-11(14)18-12)8-5-7(19)3-4-9(8)13/h3-6,19H,1-2H3,(H3,14,15,16,17,18). The van der Waals surface area contributed by atoms with Gasteiger partial charge in [0.2, 0.25) is 11.9 Å². The molecule has 0 saturated heterocycles. The first kappa shape index (κ1) is 13.0. The van der Waals surface area contributed by atoms with E-state index in [2.05, 4.69) is 20.3 Å². The molecule has 0 aliphatic heterocycles. The molecule has 1 aromatic heterocycles. The van der Waals surface area contributed by atoms with Crippen LogP contribution < -0.4 is 11.1 Å². The van der Waals surface area contributed by atoms with Crippen molar-refractivity contribution < 1.29 is 9.50 Å². The number of phenols is 1. The summed E-state index contributed by atoms with van der Waals surface area (Å²) in [5.41, 5.74) is 5.64. The summed E-state index contributed by atoms with van der Waals surface area (Å²) < 4.78 is 13.7. The molecule has 7 heteroatoms. The van der Waals surface area contributed by atoms with Gasteiger partial charge in [-0.3, -0.25) is 0 Å². The molecule has 4 N–H and O–H groups in total. The second-order valence-electron chi connectivity index (χ2n) is 4.30. The lowest BCUT2D eigenvalue weighted by Crippen LogP contribution is -2.14. The van der Waals surface area contributed by atoms with Crippen molar-refractivity contribution in [3.05, 3.63) is 24.0 Å². The number of aromatic hydroxyl groups is 1. The molecule has 0 fully saturated rings. The molecule has 6 nitrogen and oxygen atoms in total. The Kier molecular flexibility index (Phi) is 3.46. The summed E-state index contributed by atoms with van der Waals surface area (Å²) >= 11 is 0. The maximum atomic E-state index is 13.7. The van der Waals surface area contributed by atoms with E-state index in [0.29, 0.717) is 0 Å². The fourth-order valence-electron chi connectivity index (χ4n) is 1.52. The van der Waals surface area contributed by atoms with Crippen LogP contribution in [0.4, 0.5) is 16.3 Å². The van der Waals surface area contributed by atoms with E-state index in [-0.39, 0.29) is 35.1 Å². The zero-order valence-corrected chi connectivity index (χ0v) is 10.6. The van der Waals surface area contributed by atoms with E-state index in [4.69, 9.17) is 5.73 Å². The lowest BCUT2D eigenvalue weighted by atomic mass is 10.2. The number of aromatic nitrogens is 3. The number of anilines is 2. The van der Waals surface area contributed by atoms with Gasteiger partial charge in [-0.2, -0.15) is 15.0 Å². The molecular weight excluding hydrogens is 249 g/mol. The van der Waals surface area contributed by atoms with E-state index in [1.54, 1.807) is 0 Å². The van der Waals surface area contributed by atoms with E-state index in [1.807, 2.05) is 13.8 Å². The molecule has 0 atom stereocenters. The van der Waals surface area contributed by atoms with Gasteiger partial charge in [0, 0.05) is 6.04 Å². The number of hydrogen-bond donors (Lipinski definition) is 3. The lowest BCUT2D eigenvalue weighted by molar-refractivity contribution is 0.473. The molecule has 0 bridgehead atoms. The van der Waals surface area contributed by atoms with Crippen LogP contribution in [0.15, 0.2) is 18.2 Å². The highest BCUT2D eigenvalue weighted by molar-refractivity contribution is 5.60. The van der Waals surface area contributed by atoms with Crippen molar-refractivity contribution in [3.8, 4) is 17.1 Å². The molecule has 0 radical (unpaired) electrons. The Bertz CT molecular complexity index is 603. The number of nitrogen functional groups attached to an aromatic ring is 1. The molecule has 2 aromatic rings. The first-order chi connectivity index (χ1) is 8.95. The third-order valence-corrected chi connectivity index (χ3v) is 2.26. The van der Waals surface area contributed by atoms with Crippen LogP contribution in [-0.4, -0.2) is 26.1 Å². The first-order valence-corrected chi connectivity index (χ1v) is 5.72. The summed E-state index contributed by atoms with van der Waals surface area (Å²) in [6.45, 7) is 3.82. The van der Waals surface area contributed by atoms with Gasteiger partial charge >= 0.3 is 0 Å². The lowest BCUT2D eigenvalue weighted by Gasteiger charge is -2.10. The van der Waals surface area contributed by atoms with Crippen LogP contribution in [0, 0.1) is 5.82 Å². The van der Waals surface area contributed by atoms with E-state index in [0.717, 1.165) is 6.07 Å². The third-order valence-electron chi connectivity index (χ3n) is 2.26. The van der Waals surface area contributed by atoms with Crippen molar-refractivity contribution in [1.29, 1.82) is 0 Å². The highest BCUT2D eigenvalue weighted by atomic mass is 19.1. The van der Waals surface area contributed by atoms with Crippen LogP contribution in [0.1, 0.15) is 13.8 Å². The van der Waals surface area contributed by atoms with Crippen molar-refractivity contribution in [3.63, 3.8) is 0 Å². The molecule has 19 heavy (non-hydrogen) atoms. The van der Waals surface area contributed by atoms with Gasteiger partial charge in [-0.15, -0.1) is 0 Å². The molecule has 100 valence electrons. The molecule has 0 saturated carbocycles. The zero-order valence-electron chi connectivity index (χ0n) is 10.6. The van der Waals surface area contributed by atoms with E-state index >= 15 is 0 Å². The Hall–Kier alpha value is -2.44. The number of nitrogens with zero attached hydrogens (tertiary/aromatic N) is 3. The molecule has 1 aromatic carbocycles. The predicted octanol–water partition coefficient (Wildman–Crippen LogP) is 1.79. The Morgan fingerprint density at radius 1 is 1.26 bits per heavy atom. The maximum Gasteiger partial charge on any atom is 0.228 e. The van der Waals surface area contributed by atoms with Gasteiger partial charge in [-0.25, -0.2) is 4.39 Å². The van der Waals surface area contributed by atoms with Crippen molar-refractivity contribution >= 4 is 11.9 Å². The Morgan fingerprint density at radius 3 is 2.68 bits per heavy atom. The van der Waals surface area contributed by atoms with Gasteiger partial charge in [0.25, 0.3) is 0 Å². The highest BCUT2D eigenvalue weighted by Gasteiger charge is 2.12. The second kappa shape index (κ2) is 5.05. The minimum atomic E-state index is -0.543. The number of nitrogens with one attached hydrogen (secondary N) is 1. The molecule has 0 amide bonds. The second-order valence-corrected chi connectivity index (χ2v) is 4.30. The van der Waals surface area contributed by atoms with Crippen LogP contribution in [0.2, 0.25) is 0 Å². The van der Waals surface area contributed by atoms with Crippen LogP contribution >= 0.6 is 0 Å². The number of benzene rings is 1. The molecule has 0 aliphatic rings. The summed E-state index contributed by atoms with van der Waals surface area (Å²) in [6, 6.07) is 3.73. The highest BCUT2D eigenvalue weighted by Crippen LogP contribution is 2.24. The number of phenolic OH excluding ortho intramolecular Hbond substituents is 1. The maximum absolute atomic E-state index is 13.7. The average Bonchev–Trinajstić information content (AvgIpc) is 2.30. The Balaban J connectivity index is 2.49. The Labute approximate surface area is 109 Å². The number of rotatable bonds is 3. The van der Waals surface area contributed by atoms with Crippen LogP contribution in [0.25, 0.3) is 11.4 Å². The topological polar surface area (TPSA) is 97.0 Å². The molecular formula is C12H14FN5O. The monoisotopic (exact) mass is 263 g/mol. The summed E-state index contributed by atoms with van der Waals surface area (Å²) in [5.74, 6) is -0.298. The minimum absolute atomic E-state index is 0.0177. The van der Waals surface area contributed by atoms with Gasteiger partial charge < -0.3 is 16.2 Å². The van der Waals surface area contributed by atoms with Gasteiger partial charge in [0.05, 0.1) is 5.56 Å². The van der Waals surface area contributed by atoms with Gasteiger partial charge in [-0.1, -0.05) is 0 Å². The normalized spacial score (nSPS) is 10.7. The van der Waals surface area contributed by atoms with E-state index in [1.165, 1.54) is 12.1 Å². The Morgan fingerprint density at radius 2 is 2.00 bits per heavy atom. The average molecular weight is 263 g/mol. The molecule has 0 unspecified atom stereocenters. The fraction of sp³-hybridized carbons (Fsp3) is 0.250. The third kappa shape index (κ3) is 3.06.